The molecule has 1 aliphatic rings. The van der Waals surface area contributed by atoms with Crippen molar-refractivity contribution in [3.8, 4) is 0 Å². The lowest BCUT2D eigenvalue weighted by Crippen LogP contribution is -2.36. The lowest BCUT2D eigenvalue weighted by molar-refractivity contribution is 0.0992. The summed E-state index contributed by atoms with van der Waals surface area (Å²) in [5.74, 6) is -0.00674. The van der Waals surface area contributed by atoms with Crippen molar-refractivity contribution in [2.24, 2.45) is 0 Å². The zero-order chi connectivity index (χ0) is 20.9. The molecule has 0 amide bonds. The highest BCUT2D eigenvalue weighted by molar-refractivity contribution is 6.09. The van der Waals surface area contributed by atoms with E-state index in [2.05, 4.69) is 4.90 Å². The monoisotopic (exact) mass is 400 g/mol. The molecule has 1 aliphatic heterocycles. The van der Waals surface area contributed by atoms with Crippen LogP contribution in [0.3, 0.4) is 0 Å². The van der Waals surface area contributed by atoms with Crippen LogP contribution in [-0.4, -0.2) is 37.9 Å². The predicted molar refractivity (Wildman–Crippen MR) is 118 cm³/mol. The van der Waals surface area contributed by atoms with Gasteiger partial charge in [0.15, 0.2) is 11.6 Å². The third-order valence-electron chi connectivity index (χ3n) is 5.32. The van der Waals surface area contributed by atoms with Crippen LogP contribution in [0.2, 0.25) is 0 Å². The number of hydrogen-bond donors (Lipinski definition) is 1. The summed E-state index contributed by atoms with van der Waals surface area (Å²) in [5, 5.41) is 0. The van der Waals surface area contributed by atoms with Crippen molar-refractivity contribution in [2.75, 3.05) is 36.9 Å². The van der Waals surface area contributed by atoms with Gasteiger partial charge in [0.2, 0.25) is 0 Å². The van der Waals surface area contributed by atoms with Gasteiger partial charge in [-0.15, -0.1) is 0 Å². The number of hydrogen-bond acceptors (Lipinski definition) is 5. The minimum atomic E-state index is -0.0634. The van der Waals surface area contributed by atoms with Crippen molar-refractivity contribution in [1.82, 2.24) is 0 Å². The molecule has 0 bridgehead atoms. The Morgan fingerprint density at radius 3 is 1.90 bits per heavy atom. The van der Waals surface area contributed by atoms with Gasteiger partial charge in [-0.3, -0.25) is 9.59 Å². The number of ketones is 2. The third kappa shape index (κ3) is 4.58. The Morgan fingerprint density at radius 1 is 0.767 bits per heavy atom. The van der Waals surface area contributed by atoms with Crippen LogP contribution in [-0.2, 0) is 11.2 Å². The molecule has 3 aromatic carbocycles. The van der Waals surface area contributed by atoms with Gasteiger partial charge in [0.1, 0.15) is 0 Å². The highest BCUT2D eigenvalue weighted by Gasteiger charge is 2.13. The summed E-state index contributed by atoms with van der Waals surface area (Å²) in [6, 6.07) is 21.8. The molecule has 2 N–H and O–H groups in total. The first-order valence-corrected chi connectivity index (χ1v) is 10.1. The number of carbonyl (C=O) groups is 2. The average molecular weight is 400 g/mol. The summed E-state index contributed by atoms with van der Waals surface area (Å²) in [7, 11) is 0. The van der Waals surface area contributed by atoms with E-state index in [9.17, 15) is 9.59 Å². The molecule has 5 heteroatoms. The summed E-state index contributed by atoms with van der Waals surface area (Å²) >= 11 is 0. The number of nitrogens with two attached hydrogens (primary N) is 1. The molecule has 152 valence electrons. The highest BCUT2D eigenvalue weighted by atomic mass is 16.5. The molecule has 0 atom stereocenters. The predicted octanol–water partition coefficient (Wildman–Crippen LogP) is 3.76. The van der Waals surface area contributed by atoms with Crippen LogP contribution in [0.1, 0.15) is 31.8 Å². The molecule has 1 heterocycles. The van der Waals surface area contributed by atoms with Crippen molar-refractivity contribution in [3.63, 3.8) is 0 Å². The van der Waals surface area contributed by atoms with E-state index in [0.717, 1.165) is 37.6 Å². The number of ether oxygens (including phenoxy) is 1. The van der Waals surface area contributed by atoms with Gasteiger partial charge in [-0.25, -0.2) is 0 Å². The Labute approximate surface area is 176 Å². The maximum Gasteiger partial charge on any atom is 0.193 e. The molecule has 1 fully saturated rings. The average Bonchev–Trinajstić information content (AvgIpc) is 2.80. The highest BCUT2D eigenvalue weighted by Crippen LogP contribution is 2.18. The first kappa shape index (κ1) is 19.9. The minimum absolute atomic E-state index is 0.0566. The van der Waals surface area contributed by atoms with Crippen LogP contribution in [0.25, 0.3) is 0 Å². The Bertz CT molecular complexity index is 1020. The topological polar surface area (TPSA) is 72.6 Å². The van der Waals surface area contributed by atoms with Crippen LogP contribution in [0, 0.1) is 0 Å². The summed E-state index contributed by atoms with van der Waals surface area (Å²) in [6.45, 7) is 3.21. The molecule has 0 spiro atoms. The number of nitrogens with zero attached hydrogens (tertiary/aromatic N) is 1. The maximum absolute atomic E-state index is 12.7. The Kier molecular flexibility index (Phi) is 5.91. The minimum Gasteiger partial charge on any atom is -0.399 e. The van der Waals surface area contributed by atoms with Crippen LogP contribution < -0.4 is 10.6 Å². The number of Topliss-reactive ketones (excluding diaryl/α,β-unsaturated/α-hetero) is 1. The van der Waals surface area contributed by atoms with Crippen molar-refractivity contribution >= 4 is 22.9 Å². The van der Waals surface area contributed by atoms with Gasteiger partial charge in [0.25, 0.3) is 0 Å². The van der Waals surface area contributed by atoms with Crippen molar-refractivity contribution in [1.29, 1.82) is 0 Å². The number of nitrogen functional groups attached to an aromatic ring is 1. The first-order chi connectivity index (χ1) is 14.6. The van der Waals surface area contributed by atoms with Gasteiger partial charge in [-0.05, 0) is 54.1 Å². The second kappa shape index (κ2) is 8.93. The maximum atomic E-state index is 12.7. The fourth-order valence-corrected chi connectivity index (χ4v) is 3.54. The number of benzene rings is 3. The summed E-state index contributed by atoms with van der Waals surface area (Å²) in [5.41, 5.74) is 10.2. The van der Waals surface area contributed by atoms with Crippen LogP contribution in [0.15, 0.2) is 72.8 Å². The van der Waals surface area contributed by atoms with E-state index in [1.54, 1.807) is 36.4 Å². The molecule has 0 radical (unpaired) electrons. The Hall–Kier alpha value is -3.44. The second-order valence-electron chi connectivity index (χ2n) is 7.39. The summed E-state index contributed by atoms with van der Waals surface area (Å²) in [6.07, 6.45) is 0.299. The van der Waals surface area contributed by atoms with E-state index in [1.807, 2.05) is 36.4 Å². The Balaban J connectivity index is 1.39. The SMILES string of the molecule is Nc1ccc(C(=O)c2ccc(CC(=O)c3ccc(N4CCOCC4)cc3)cc2)cc1. The smallest absolute Gasteiger partial charge is 0.193 e. The number of morpholine rings is 1. The van der Waals surface area contributed by atoms with Gasteiger partial charge in [0, 0.05) is 47.6 Å². The van der Waals surface area contributed by atoms with E-state index >= 15 is 0 Å². The molecule has 0 aliphatic carbocycles. The normalized spacial score (nSPS) is 13.8. The van der Waals surface area contributed by atoms with Crippen molar-refractivity contribution in [2.45, 2.75) is 6.42 Å². The zero-order valence-corrected chi connectivity index (χ0v) is 16.7. The van der Waals surface area contributed by atoms with E-state index < -0.39 is 0 Å². The molecule has 0 aromatic heterocycles. The van der Waals surface area contributed by atoms with Crippen molar-refractivity contribution in [3.05, 3.63) is 95.1 Å². The molecule has 0 unspecified atom stereocenters. The van der Waals surface area contributed by atoms with E-state index in [4.69, 9.17) is 10.5 Å². The van der Waals surface area contributed by atoms with Gasteiger partial charge >= 0.3 is 0 Å². The fourth-order valence-electron chi connectivity index (χ4n) is 3.54. The molecule has 3 aromatic rings. The molecule has 4 rings (SSSR count). The lowest BCUT2D eigenvalue weighted by atomic mass is 9.98. The van der Waals surface area contributed by atoms with E-state index in [-0.39, 0.29) is 11.6 Å². The molecule has 30 heavy (non-hydrogen) atoms. The fraction of sp³-hybridized carbons (Fsp3) is 0.200. The Morgan fingerprint density at radius 2 is 1.30 bits per heavy atom. The van der Waals surface area contributed by atoms with Crippen molar-refractivity contribution < 1.29 is 14.3 Å². The molecule has 1 saturated heterocycles. The standard InChI is InChI=1S/C25H24N2O3/c26-22-9-5-21(6-10-22)25(29)20-3-1-18(2-4-20)17-24(28)19-7-11-23(12-8-19)27-13-15-30-16-14-27/h1-12H,13-17,26H2. The second-order valence-corrected chi connectivity index (χ2v) is 7.39. The van der Waals surface area contributed by atoms with Crippen LogP contribution in [0.4, 0.5) is 11.4 Å². The number of rotatable bonds is 6. The number of anilines is 2. The van der Waals surface area contributed by atoms with Crippen LogP contribution >= 0.6 is 0 Å². The van der Waals surface area contributed by atoms with Crippen LogP contribution in [0.5, 0.6) is 0 Å². The molecular formula is C25H24N2O3. The van der Waals surface area contributed by atoms with Gasteiger partial charge in [0.05, 0.1) is 13.2 Å². The zero-order valence-electron chi connectivity index (χ0n) is 16.7. The molecular weight excluding hydrogens is 376 g/mol. The summed E-state index contributed by atoms with van der Waals surface area (Å²) in [4.78, 5) is 27.5. The largest absolute Gasteiger partial charge is 0.399 e. The van der Waals surface area contributed by atoms with E-state index in [0.29, 0.717) is 28.8 Å². The van der Waals surface area contributed by atoms with Gasteiger partial charge in [-0.2, -0.15) is 0 Å². The number of carbonyl (C=O) groups excluding carboxylic acids is 2. The third-order valence-corrected chi connectivity index (χ3v) is 5.32. The lowest BCUT2D eigenvalue weighted by Gasteiger charge is -2.28. The van der Waals surface area contributed by atoms with E-state index in [1.165, 1.54) is 0 Å². The molecule has 5 nitrogen and oxygen atoms in total. The van der Waals surface area contributed by atoms with Gasteiger partial charge < -0.3 is 15.4 Å². The summed E-state index contributed by atoms with van der Waals surface area (Å²) < 4.78 is 5.38. The quantitative estimate of drug-likeness (QED) is 0.504. The molecule has 0 saturated carbocycles. The first-order valence-electron chi connectivity index (χ1n) is 10.1. The van der Waals surface area contributed by atoms with Gasteiger partial charge in [-0.1, -0.05) is 24.3 Å².